The SMILES string of the molecule is CN(C)CC1CCCN1Cc1cccc(C(N)=S)c1. The fourth-order valence-corrected chi connectivity index (χ4v) is 2.92. The molecule has 2 rings (SSSR count). The van der Waals surface area contributed by atoms with Crippen LogP contribution in [0.1, 0.15) is 24.0 Å². The van der Waals surface area contributed by atoms with Gasteiger partial charge in [0.2, 0.25) is 0 Å². The summed E-state index contributed by atoms with van der Waals surface area (Å²) < 4.78 is 0. The second-order valence-corrected chi connectivity index (χ2v) is 6.03. The largest absolute Gasteiger partial charge is 0.389 e. The van der Waals surface area contributed by atoms with Crippen molar-refractivity contribution < 1.29 is 0 Å². The molecule has 0 aliphatic carbocycles. The van der Waals surface area contributed by atoms with Crippen molar-refractivity contribution in [2.24, 2.45) is 5.73 Å². The molecule has 1 aromatic carbocycles. The normalized spacial score (nSPS) is 20.1. The number of thiocarbonyl (C=S) groups is 1. The number of nitrogens with two attached hydrogens (primary N) is 1. The minimum atomic E-state index is 0.480. The van der Waals surface area contributed by atoms with E-state index in [-0.39, 0.29) is 0 Å². The van der Waals surface area contributed by atoms with Gasteiger partial charge in [0.25, 0.3) is 0 Å². The fourth-order valence-electron chi connectivity index (χ4n) is 2.79. The summed E-state index contributed by atoms with van der Waals surface area (Å²) in [6, 6.07) is 8.97. The second kappa shape index (κ2) is 6.46. The molecule has 1 saturated heterocycles. The molecule has 1 aliphatic heterocycles. The van der Waals surface area contributed by atoms with Crippen molar-refractivity contribution in [1.29, 1.82) is 0 Å². The van der Waals surface area contributed by atoms with Gasteiger partial charge in [-0.2, -0.15) is 0 Å². The van der Waals surface area contributed by atoms with Crippen LogP contribution in [-0.2, 0) is 6.54 Å². The van der Waals surface area contributed by atoms with E-state index >= 15 is 0 Å². The van der Waals surface area contributed by atoms with Gasteiger partial charge in [-0.25, -0.2) is 0 Å². The van der Waals surface area contributed by atoms with Gasteiger partial charge < -0.3 is 10.6 Å². The van der Waals surface area contributed by atoms with E-state index in [2.05, 4.69) is 36.0 Å². The van der Waals surface area contributed by atoms with Crippen LogP contribution in [0, 0.1) is 0 Å². The molecule has 0 amide bonds. The van der Waals surface area contributed by atoms with Crippen molar-refractivity contribution in [3.63, 3.8) is 0 Å². The Hall–Kier alpha value is -0.970. The highest BCUT2D eigenvalue weighted by molar-refractivity contribution is 7.80. The van der Waals surface area contributed by atoms with Crippen molar-refractivity contribution in [3.05, 3.63) is 35.4 Å². The maximum absolute atomic E-state index is 5.70. The van der Waals surface area contributed by atoms with E-state index in [1.807, 2.05) is 12.1 Å². The Bertz CT molecular complexity index is 445. The number of rotatable bonds is 5. The predicted octanol–water partition coefficient (Wildman–Crippen LogP) is 1.85. The summed E-state index contributed by atoms with van der Waals surface area (Å²) in [6.45, 7) is 3.32. The summed E-state index contributed by atoms with van der Waals surface area (Å²) in [7, 11) is 4.29. The molecule has 0 saturated carbocycles. The molecular formula is C15H23N3S. The molecule has 0 spiro atoms. The average Bonchev–Trinajstić information content (AvgIpc) is 2.76. The minimum Gasteiger partial charge on any atom is -0.389 e. The summed E-state index contributed by atoms with van der Waals surface area (Å²) in [4.78, 5) is 5.32. The third-order valence-corrected chi connectivity index (χ3v) is 3.91. The first-order chi connectivity index (χ1) is 9.06. The molecule has 1 heterocycles. The van der Waals surface area contributed by atoms with Crippen LogP contribution in [0.3, 0.4) is 0 Å². The quantitative estimate of drug-likeness (QED) is 0.833. The molecular weight excluding hydrogens is 254 g/mol. The van der Waals surface area contributed by atoms with Gasteiger partial charge in [0.15, 0.2) is 0 Å². The van der Waals surface area contributed by atoms with Crippen molar-refractivity contribution >= 4 is 17.2 Å². The highest BCUT2D eigenvalue weighted by atomic mass is 32.1. The molecule has 4 heteroatoms. The highest BCUT2D eigenvalue weighted by Gasteiger charge is 2.24. The molecule has 0 bridgehead atoms. The Morgan fingerprint density at radius 1 is 1.47 bits per heavy atom. The van der Waals surface area contributed by atoms with Gasteiger partial charge in [0.1, 0.15) is 4.99 Å². The number of hydrogen-bond acceptors (Lipinski definition) is 3. The maximum Gasteiger partial charge on any atom is 0.103 e. The second-order valence-electron chi connectivity index (χ2n) is 5.59. The molecule has 2 N–H and O–H groups in total. The summed E-state index contributed by atoms with van der Waals surface area (Å²) >= 11 is 5.04. The van der Waals surface area contributed by atoms with Crippen LogP contribution in [0.4, 0.5) is 0 Å². The summed E-state index contributed by atoms with van der Waals surface area (Å²) in [5.74, 6) is 0. The summed E-state index contributed by atoms with van der Waals surface area (Å²) in [5.41, 5.74) is 7.97. The van der Waals surface area contributed by atoms with Crippen LogP contribution >= 0.6 is 12.2 Å². The monoisotopic (exact) mass is 277 g/mol. The molecule has 0 radical (unpaired) electrons. The standard InChI is InChI=1S/C15H23N3S/c1-17(2)11-14-7-4-8-18(14)10-12-5-3-6-13(9-12)15(16)19/h3,5-6,9,14H,4,7-8,10-11H2,1-2H3,(H2,16,19). The van der Waals surface area contributed by atoms with Gasteiger partial charge in [-0.05, 0) is 45.1 Å². The fraction of sp³-hybridized carbons (Fsp3) is 0.533. The van der Waals surface area contributed by atoms with Gasteiger partial charge in [-0.15, -0.1) is 0 Å². The molecule has 3 nitrogen and oxygen atoms in total. The zero-order valence-corrected chi connectivity index (χ0v) is 12.6. The number of nitrogens with zero attached hydrogens (tertiary/aromatic N) is 2. The van der Waals surface area contributed by atoms with E-state index < -0.39 is 0 Å². The van der Waals surface area contributed by atoms with E-state index in [1.54, 1.807) is 0 Å². The third kappa shape index (κ3) is 4.00. The van der Waals surface area contributed by atoms with E-state index in [0.29, 0.717) is 11.0 Å². The Kier molecular flexibility index (Phi) is 4.91. The van der Waals surface area contributed by atoms with Crippen LogP contribution in [0.2, 0.25) is 0 Å². The minimum absolute atomic E-state index is 0.480. The summed E-state index contributed by atoms with van der Waals surface area (Å²) in [5, 5.41) is 0. The molecule has 1 fully saturated rings. The van der Waals surface area contributed by atoms with Crippen LogP contribution in [0.25, 0.3) is 0 Å². The van der Waals surface area contributed by atoms with Gasteiger partial charge in [0, 0.05) is 24.7 Å². The van der Waals surface area contributed by atoms with Crippen LogP contribution in [0.15, 0.2) is 24.3 Å². The van der Waals surface area contributed by atoms with Gasteiger partial charge in [-0.1, -0.05) is 30.4 Å². The first-order valence-corrected chi connectivity index (χ1v) is 7.24. The molecule has 1 aliphatic rings. The molecule has 0 aromatic heterocycles. The lowest BCUT2D eigenvalue weighted by molar-refractivity contribution is 0.201. The molecule has 1 atom stereocenters. The molecule has 19 heavy (non-hydrogen) atoms. The van der Waals surface area contributed by atoms with Crippen molar-refractivity contribution in [2.75, 3.05) is 27.2 Å². The Labute approximate surface area is 121 Å². The number of benzene rings is 1. The first kappa shape index (κ1) is 14.4. The van der Waals surface area contributed by atoms with Gasteiger partial charge in [-0.3, -0.25) is 4.90 Å². The van der Waals surface area contributed by atoms with Crippen molar-refractivity contribution in [1.82, 2.24) is 9.80 Å². The third-order valence-electron chi connectivity index (χ3n) is 3.67. The Morgan fingerprint density at radius 3 is 2.95 bits per heavy atom. The smallest absolute Gasteiger partial charge is 0.103 e. The van der Waals surface area contributed by atoms with Crippen molar-refractivity contribution in [3.8, 4) is 0 Å². The maximum atomic E-state index is 5.70. The molecule has 1 aromatic rings. The zero-order chi connectivity index (χ0) is 13.8. The average molecular weight is 277 g/mol. The van der Waals surface area contributed by atoms with E-state index in [1.165, 1.54) is 24.9 Å². The lowest BCUT2D eigenvalue weighted by Gasteiger charge is -2.27. The molecule has 1 unspecified atom stereocenters. The number of likely N-dealkylation sites (tertiary alicyclic amines) is 1. The lowest BCUT2D eigenvalue weighted by atomic mass is 10.1. The summed E-state index contributed by atoms with van der Waals surface area (Å²) in [6.07, 6.45) is 2.60. The van der Waals surface area contributed by atoms with Gasteiger partial charge >= 0.3 is 0 Å². The van der Waals surface area contributed by atoms with Crippen molar-refractivity contribution in [2.45, 2.75) is 25.4 Å². The first-order valence-electron chi connectivity index (χ1n) is 6.84. The lowest BCUT2D eigenvalue weighted by Crippen LogP contribution is -2.37. The van der Waals surface area contributed by atoms with E-state index in [4.69, 9.17) is 18.0 Å². The number of likely N-dealkylation sites (N-methyl/N-ethyl adjacent to an activating group) is 1. The van der Waals surface area contributed by atoms with Crippen LogP contribution < -0.4 is 5.73 Å². The van der Waals surface area contributed by atoms with Crippen LogP contribution in [-0.4, -0.2) is 48.0 Å². The van der Waals surface area contributed by atoms with E-state index in [0.717, 1.165) is 18.7 Å². The van der Waals surface area contributed by atoms with E-state index in [9.17, 15) is 0 Å². The Morgan fingerprint density at radius 2 is 2.26 bits per heavy atom. The zero-order valence-electron chi connectivity index (χ0n) is 11.8. The highest BCUT2D eigenvalue weighted by Crippen LogP contribution is 2.20. The Balaban J connectivity index is 2.03. The predicted molar refractivity (Wildman–Crippen MR) is 84.3 cm³/mol. The van der Waals surface area contributed by atoms with Crippen LogP contribution in [0.5, 0.6) is 0 Å². The van der Waals surface area contributed by atoms with Gasteiger partial charge in [0.05, 0.1) is 0 Å². The topological polar surface area (TPSA) is 32.5 Å². The number of hydrogen-bond donors (Lipinski definition) is 1. The molecule has 104 valence electrons.